The number of carboxylic acids is 1. The summed E-state index contributed by atoms with van der Waals surface area (Å²) < 4.78 is 5.39. The number of nitrogens with zero attached hydrogens (tertiary/aromatic N) is 1. The molecule has 0 fully saturated rings. The van der Waals surface area contributed by atoms with Crippen LogP contribution in [0.25, 0.3) is 0 Å². The molecule has 1 amide bonds. The van der Waals surface area contributed by atoms with Crippen molar-refractivity contribution < 1.29 is 24.2 Å². The van der Waals surface area contributed by atoms with Crippen molar-refractivity contribution in [1.29, 1.82) is 0 Å². The second-order valence-corrected chi connectivity index (χ2v) is 8.78. The fraction of sp³-hybridized carbons (Fsp3) is 0.850. The van der Waals surface area contributed by atoms with E-state index >= 15 is 0 Å². The van der Waals surface area contributed by atoms with Crippen molar-refractivity contribution in [3.05, 3.63) is 0 Å². The monoisotopic (exact) mass is 371 g/mol. The first-order valence-corrected chi connectivity index (χ1v) is 9.28. The third-order valence-electron chi connectivity index (χ3n) is 4.90. The molecule has 0 spiro atoms. The number of ether oxygens (including phenoxy) is 1. The van der Waals surface area contributed by atoms with E-state index in [2.05, 4.69) is 0 Å². The number of carboxylic acid groups (broad SMARTS) is 1. The molecule has 1 N–H and O–H groups in total. The first-order valence-electron chi connectivity index (χ1n) is 9.28. The third-order valence-corrected chi connectivity index (χ3v) is 4.90. The van der Waals surface area contributed by atoms with E-state index in [1.165, 1.54) is 7.11 Å². The molecule has 0 heterocycles. The molecule has 0 bridgehead atoms. The third kappa shape index (κ3) is 7.06. The quantitative estimate of drug-likeness (QED) is 0.637. The maximum Gasteiger partial charge on any atom is 0.306 e. The van der Waals surface area contributed by atoms with Gasteiger partial charge in [0, 0.05) is 31.9 Å². The molecule has 6 nitrogen and oxygen atoms in total. The molecule has 6 heteroatoms. The van der Waals surface area contributed by atoms with Crippen molar-refractivity contribution >= 4 is 17.7 Å². The van der Waals surface area contributed by atoms with Crippen LogP contribution in [-0.2, 0) is 19.1 Å². The lowest BCUT2D eigenvalue weighted by Gasteiger charge is -2.38. The summed E-state index contributed by atoms with van der Waals surface area (Å²) in [4.78, 5) is 38.4. The zero-order chi connectivity index (χ0) is 20.8. The normalized spacial score (nSPS) is 15.7. The number of aliphatic carboxylic acids is 1. The second-order valence-electron chi connectivity index (χ2n) is 8.78. The van der Waals surface area contributed by atoms with Gasteiger partial charge in [-0.2, -0.15) is 0 Å². The average Bonchev–Trinajstić information content (AvgIpc) is 2.48. The molecular weight excluding hydrogens is 334 g/mol. The van der Waals surface area contributed by atoms with E-state index in [0.717, 1.165) is 0 Å². The first-order chi connectivity index (χ1) is 11.7. The number of carbonyl (C=O) groups excluding carboxylic acids is 2. The molecule has 26 heavy (non-hydrogen) atoms. The fourth-order valence-corrected chi connectivity index (χ4v) is 3.16. The Kier molecular flexibility index (Phi) is 9.49. The molecule has 0 aromatic carbocycles. The highest BCUT2D eigenvalue weighted by Crippen LogP contribution is 2.28. The summed E-state index contributed by atoms with van der Waals surface area (Å²) in [6, 6.07) is -0.380. The number of hydrogen-bond acceptors (Lipinski definition) is 4. The van der Waals surface area contributed by atoms with Gasteiger partial charge in [0.05, 0.1) is 18.6 Å². The number of rotatable bonds is 10. The van der Waals surface area contributed by atoms with Crippen LogP contribution in [0.15, 0.2) is 0 Å². The molecule has 0 saturated heterocycles. The van der Waals surface area contributed by atoms with E-state index in [1.54, 1.807) is 11.9 Å². The van der Waals surface area contributed by atoms with Crippen LogP contribution in [0.4, 0.5) is 0 Å². The Labute approximate surface area is 158 Å². The van der Waals surface area contributed by atoms with E-state index in [0.29, 0.717) is 0 Å². The van der Waals surface area contributed by atoms with Crippen LogP contribution in [0.1, 0.15) is 61.3 Å². The van der Waals surface area contributed by atoms with Crippen molar-refractivity contribution in [2.45, 2.75) is 73.5 Å². The molecule has 152 valence electrons. The molecule has 0 radical (unpaired) electrons. The molecule has 0 aliphatic heterocycles. The number of ketones is 1. The van der Waals surface area contributed by atoms with Crippen LogP contribution < -0.4 is 0 Å². The van der Waals surface area contributed by atoms with Gasteiger partial charge in [-0.1, -0.05) is 48.5 Å². The van der Waals surface area contributed by atoms with Crippen molar-refractivity contribution in [3.63, 3.8) is 0 Å². The van der Waals surface area contributed by atoms with Gasteiger partial charge < -0.3 is 14.7 Å². The minimum Gasteiger partial charge on any atom is -0.481 e. The Morgan fingerprint density at radius 2 is 1.50 bits per heavy atom. The van der Waals surface area contributed by atoms with Gasteiger partial charge in [-0.15, -0.1) is 0 Å². The lowest BCUT2D eigenvalue weighted by atomic mass is 9.80. The number of hydrogen-bond donors (Lipinski definition) is 1. The predicted molar refractivity (Wildman–Crippen MR) is 102 cm³/mol. The molecule has 3 atom stereocenters. The summed E-state index contributed by atoms with van der Waals surface area (Å²) in [7, 11) is 3.14. The van der Waals surface area contributed by atoms with Gasteiger partial charge in [-0.05, 0) is 11.8 Å². The zero-order valence-electron chi connectivity index (χ0n) is 17.8. The number of methoxy groups -OCH3 is 1. The van der Waals surface area contributed by atoms with Gasteiger partial charge >= 0.3 is 5.97 Å². The summed E-state index contributed by atoms with van der Waals surface area (Å²) >= 11 is 0. The van der Waals surface area contributed by atoms with Crippen LogP contribution in [0.2, 0.25) is 0 Å². The van der Waals surface area contributed by atoms with Gasteiger partial charge in [0.2, 0.25) is 5.91 Å². The maximum atomic E-state index is 13.2. The summed E-state index contributed by atoms with van der Waals surface area (Å²) in [6.45, 7) is 13.3. The second kappa shape index (κ2) is 10.0. The number of likely N-dealkylation sites (N-methyl/N-ethyl adjacent to an activating group) is 1. The van der Waals surface area contributed by atoms with E-state index in [1.807, 2.05) is 48.5 Å². The Morgan fingerprint density at radius 1 is 1.00 bits per heavy atom. The number of carbonyl (C=O) groups is 3. The molecule has 0 aromatic heterocycles. The Hall–Kier alpha value is -1.43. The van der Waals surface area contributed by atoms with Gasteiger partial charge in [-0.25, -0.2) is 0 Å². The highest BCUT2D eigenvalue weighted by atomic mass is 16.5. The molecular formula is C20H37NO5. The van der Waals surface area contributed by atoms with Gasteiger partial charge in [0.1, 0.15) is 5.78 Å². The summed E-state index contributed by atoms with van der Waals surface area (Å²) in [5, 5.41) is 9.14. The summed E-state index contributed by atoms with van der Waals surface area (Å²) in [5.74, 6) is -1.47. The highest BCUT2D eigenvalue weighted by Gasteiger charge is 2.37. The maximum absolute atomic E-state index is 13.2. The number of Topliss-reactive ketones (excluding diaryl/α,β-unsaturated/α-hetero) is 1. The van der Waals surface area contributed by atoms with Gasteiger partial charge in [0.15, 0.2) is 0 Å². The SMILES string of the molecule is CO[C@H](CC(=O)O)[C@H](C(C)C)N(C)C(=O)[C@@H](CC(=O)C(C)(C)C)C(C)C. The van der Waals surface area contributed by atoms with Gasteiger partial charge in [-0.3, -0.25) is 14.4 Å². The Morgan fingerprint density at radius 3 is 1.81 bits per heavy atom. The van der Waals surface area contributed by atoms with E-state index < -0.39 is 23.4 Å². The number of amides is 1. The van der Waals surface area contributed by atoms with Crippen molar-refractivity contribution in [2.75, 3.05) is 14.2 Å². The van der Waals surface area contributed by atoms with E-state index in [-0.39, 0.29) is 42.4 Å². The topological polar surface area (TPSA) is 83.9 Å². The standard InChI is InChI=1S/C20H37NO5/c1-12(2)14(10-16(22)20(5,6)7)19(25)21(8)18(13(3)4)15(26-9)11-17(23)24/h12-15,18H,10-11H2,1-9H3,(H,23,24)/t14-,15+,18-/m0/s1. The Balaban J connectivity index is 5.58. The Bertz CT molecular complexity index is 493. The highest BCUT2D eigenvalue weighted by molar-refractivity contribution is 5.89. The minimum absolute atomic E-state index is 0.00420. The van der Waals surface area contributed by atoms with Crippen LogP contribution in [0, 0.1) is 23.2 Å². The van der Waals surface area contributed by atoms with Crippen LogP contribution in [0.3, 0.4) is 0 Å². The molecule has 0 unspecified atom stereocenters. The fourth-order valence-electron chi connectivity index (χ4n) is 3.16. The summed E-state index contributed by atoms with van der Waals surface area (Å²) in [5.41, 5.74) is -0.498. The largest absolute Gasteiger partial charge is 0.481 e. The molecule has 0 aliphatic carbocycles. The average molecular weight is 372 g/mol. The lowest BCUT2D eigenvalue weighted by Crippen LogP contribution is -2.52. The molecule has 0 aromatic rings. The molecule has 0 aliphatic rings. The van der Waals surface area contributed by atoms with Crippen molar-refractivity contribution in [3.8, 4) is 0 Å². The van der Waals surface area contributed by atoms with Crippen LogP contribution >= 0.6 is 0 Å². The molecule has 0 saturated carbocycles. The lowest BCUT2D eigenvalue weighted by molar-refractivity contribution is -0.149. The summed E-state index contributed by atoms with van der Waals surface area (Å²) in [6.07, 6.45) is -0.594. The van der Waals surface area contributed by atoms with Crippen LogP contribution in [0.5, 0.6) is 0 Å². The van der Waals surface area contributed by atoms with Gasteiger partial charge in [0.25, 0.3) is 0 Å². The minimum atomic E-state index is -0.966. The van der Waals surface area contributed by atoms with E-state index in [4.69, 9.17) is 9.84 Å². The predicted octanol–water partition coefficient (Wildman–Crippen LogP) is 3.24. The zero-order valence-corrected chi connectivity index (χ0v) is 17.8. The van der Waals surface area contributed by atoms with Crippen LogP contribution in [-0.4, -0.2) is 54.0 Å². The van der Waals surface area contributed by atoms with Crippen molar-refractivity contribution in [1.82, 2.24) is 4.90 Å². The van der Waals surface area contributed by atoms with E-state index in [9.17, 15) is 14.4 Å². The molecule has 0 rings (SSSR count). The van der Waals surface area contributed by atoms with Crippen molar-refractivity contribution in [2.24, 2.45) is 23.2 Å². The smallest absolute Gasteiger partial charge is 0.306 e. The first kappa shape index (κ1) is 24.6.